The lowest BCUT2D eigenvalue weighted by Crippen LogP contribution is -2.50. The van der Waals surface area contributed by atoms with E-state index in [1.165, 1.54) is 6.20 Å². The molecule has 0 fully saturated rings. The van der Waals surface area contributed by atoms with Crippen molar-refractivity contribution < 1.29 is 19.4 Å². The number of hydrogen-bond acceptors (Lipinski definition) is 7. The molecule has 1 aliphatic rings. The molecule has 2 aromatic heterocycles. The third-order valence-corrected chi connectivity index (χ3v) is 6.58. The highest BCUT2D eigenvalue weighted by molar-refractivity contribution is 5.98. The minimum absolute atomic E-state index is 0.157. The van der Waals surface area contributed by atoms with Crippen LogP contribution >= 0.6 is 0 Å². The molecule has 9 heteroatoms. The van der Waals surface area contributed by atoms with E-state index in [-0.39, 0.29) is 42.3 Å². The number of pyridine rings is 2. The van der Waals surface area contributed by atoms with Gasteiger partial charge in [0.25, 0.3) is 11.8 Å². The van der Waals surface area contributed by atoms with E-state index in [1.54, 1.807) is 78.6 Å². The highest BCUT2D eigenvalue weighted by Gasteiger charge is 2.35. The van der Waals surface area contributed by atoms with Crippen molar-refractivity contribution >= 4 is 11.8 Å². The summed E-state index contributed by atoms with van der Waals surface area (Å²) in [5.41, 5.74) is 2.79. The fourth-order valence-corrected chi connectivity index (χ4v) is 4.28. The Balaban J connectivity index is 1.68. The molecular formula is C28H29N5O4. The number of benzene rings is 1. The number of aromatic nitrogens is 2. The topological polar surface area (TPSA) is 120 Å². The summed E-state index contributed by atoms with van der Waals surface area (Å²) in [4.78, 5) is 38.3. The highest BCUT2D eigenvalue weighted by atomic mass is 16.5. The molecule has 1 aromatic carbocycles. The summed E-state index contributed by atoms with van der Waals surface area (Å²) in [6.45, 7) is 4.15. The van der Waals surface area contributed by atoms with Gasteiger partial charge in [0.15, 0.2) is 0 Å². The number of aliphatic hydroxyl groups excluding tert-OH is 1. The summed E-state index contributed by atoms with van der Waals surface area (Å²) in [5.74, 6) is -0.455. The zero-order valence-electron chi connectivity index (χ0n) is 21.0. The first-order chi connectivity index (χ1) is 17.8. The molecule has 3 atom stereocenters. The smallest absolute Gasteiger partial charge is 0.259 e. The van der Waals surface area contributed by atoms with Gasteiger partial charge in [-0.2, -0.15) is 5.26 Å². The van der Waals surface area contributed by atoms with Crippen molar-refractivity contribution in [2.24, 2.45) is 5.92 Å². The molecule has 3 aromatic rings. The van der Waals surface area contributed by atoms with Crippen LogP contribution in [0.1, 0.15) is 40.1 Å². The number of amides is 2. The molecule has 2 amide bonds. The number of fused-ring (bicyclic) bond motifs is 1. The Labute approximate surface area is 216 Å². The van der Waals surface area contributed by atoms with Gasteiger partial charge < -0.3 is 19.6 Å². The van der Waals surface area contributed by atoms with E-state index >= 15 is 0 Å². The zero-order chi connectivity index (χ0) is 26.5. The fourth-order valence-electron chi connectivity index (χ4n) is 4.28. The van der Waals surface area contributed by atoms with Crippen LogP contribution in [0.25, 0.3) is 11.1 Å². The molecule has 190 valence electrons. The lowest BCUT2D eigenvalue weighted by atomic mass is 9.99. The molecule has 3 heterocycles. The van der Waals surface area contributed by atoms with Gasteiger partial charge in [-0.25, -0.2) is 4.98 Å². The summed E-state index contributed by atoms with van der Waals surface area (Å²) < 4.78 is 6.29. The lowest BCUT2D eigenvalue weighted by molar-refractivity contribution is 0.0313. The summed E-state index contributed by atoms with van der Waals surface area (Å²) in [7, 11) is 1.70. The number of aliphatic hydroxyl groups is 1. The van der Waals surface area contributed by atoms with Crippen molar-refractivity contribution in [3.63, 3.8) is 0 Å². The van der Waals surface area contributed by atoms with E-state index < -0.39 is 12.1 Å². The average Bonchev–Trinajstić information content (AvgIpc) is 2.94. The second-order valence-electron chi connectivity index (χ2n) is 9.32. The number of likely N-dealkylation sites (N-methyl/N-ethyl adjacent to an activating group) is 1. The van der Waals surface area contributed by atoms with Crippen LogP contribution in [0.15, 0.2) is 61.1 Å². The summed E-state index contributed by atoms with van der Waals surface area (Å²) >= 11 is 0. The van der Waals surface area contributed by atoms with Crippen molar-refractivity contribution in [2.75, 3.05) is 26.7 Å². The number of nitrogens with zero attached hydrogens (tertiary/aromatic N) is 5. The summed E-state index contributed by atoms with van der Waals surface area (Å²) in [6.07, 6.45) is 4.30. The molecule has 0 unspecified atom stereocenters. The molecule has 0 bridgehead atoms. The number of nitriles is 1. The van der Waals surface area contributed by atoms with Gasteiger partial charge in [0.1, 0.15) is 11.7 Å². The predicted molar refractivity (Wildman–Crippen MR) is 137 cm³/mol. The molecular weight excluding hydrogens is 470 g/mol. The number of carbonyl (C=O) groups excluding carboxylic acids is 2. The van der Waals surface area contributed by atoms with Crippen LogP contribution in [0, 0.1) is 17.2 Å². The molecule has 1 N–H and O–H groups in total. The first-order valence-electron chi connectivity index (χ1n) is 12.1. The Morgan fingerprint density at radius 2 is 2.03 bits per heavy atom. The van der Waals surface area contributed by atoms with Crippen LogP contribution in [0.2, 0.25) is 0 Å². The molecule has 0 spiro atoms. The van der Waals surface area contributed by atoms with E-state index in [0.717, 1.165) is 5.56 Å². The third kappa shape index (κ3) is 5.60. The van der Waals surface area contributed by atoms with Crippen LogP contribution in [0.5, 0.6) is 5.88 Å². The third-order valence-electron chi connectivity index (χ3n) is 6.58. The van der Waals surface area contributed by atoms with Crippen molar-refractivity contribution in [3.8, 4) is 23.1 Å². The second kappa shape index (κ2) is 11.2. The molecule has 0 saturated heterocycles. The largest absolute Gasteiger partial charge is 0.472 e. The Kier molecular flexibility index (Phi) is 7.80. The van der Waals surface area contributed by atoms with E-state index in [0.29, 0.717) is 23.2 Å². The van der Waals surface area contributed by atoms with E-state index in [2.05, 4.69) is 16.0 Å². The van der Waals surface area contributed by atoms with Gasteiger partial charge in [0, 0.05) is 43.7 Å². The minimum Gasteiger partial charge on any atom is -0.472 e. The molecule has 37 heavy (non-hydrogen) atoms. The molecule has 0 saturated carbocycles. The number of ether oxygens (including phenoxy) is 1. The normalized spacial score (nSPS) is 18.0. The molecule has 1 aliphatic heterocycles. The van der Waals surface area contributed by atoms with Gasteiger partial charge in [-0.05, 0) is 42.8 Å². The van der Waals surface area contributed by atoms with Crippen molar-refractivity contribution in [3.05, 3.63) is 77.7 Å². The van der Waals surface area contributed by atoms with Gasteiger partial charge >= 0.3 is 0 Å². The van der Waals surface area contributed by atoms with Gasteiger partial charge in [-0.3, -0.25) is 14.6 Å². The first-order valence-corrected chi connectivity index (χ1v) is 12.1. The Morgan fingerprint density at radius 1 is 1.27 bits per heavy atom. The van der Waals surface area contributed by atoms with Gasteiger partial charge in [-0.15, -0.1) is 0 Å². The van der Waals surface area contributed by atoms with Crippen LogP contribution < -0.4 is 4.74 Å². The molecule has 0 aliphatic carbocycles. The monoisotopic (exact) mass is 499 g/mol. The Morgan fingerprint density at radius 3 is 2.68 bits per heavy atom. The maximum atomic E-state index is 13.6. The van der Waals surface area contributed by atoms with Crippen molar-refractivity contribution in [1.29, 1.82) is 5.26 Å². The van der Waals surface area contributed by atoms with Gasteiger partial charge in [-0.1, -0.05) is 19.1 Å². The summed E-state index contributed by atoms with van der Waals surface area (Å²) in [5, 5.41) is 19.0. The Bertz CT molecular complexity index is 1310. The molecule has 9 nitrogen and oxygen atoms in total. The molecule has 4 rings (SSSR count). The quantitative estimate of drug-likeness (QED) is 0.554. The van der Waals surface area contributed by atoms with Crippen LogP contribution in [0.4, 0.5) is 0 Å². The summed E-state index contributed by atoms with van der Waals surface area (Å²) in [6, 6.07) is 13.8. The predicted octanol–water partition coefficient (Wildman–Crippen LogP) is 3.01. The van der Waals surface area contributed by atoms with E-state index in [4.69, 9.17) is 10.00 Å². The number of rotatable bonds is 6. The average molecular weight is 500 g/mol. The maximum Gasteiger partial charge on any atom is 0.259 e. The standard InChI is InChI=1S/C28H29N5O4/c1-18-15-33(19(2)17-34)28(36)24-11-23(21-8-6-20(12-29)7-9-21)14-31-26(24)37-25(18)16-32(3)27(35)22-5-4-10-30-13-22/h4-11,13-14,18-19,25,34H,15-17H2,1-3H3/t18-,19+,25-/m1/s1. The van der Waals surface area contributed by atoms with Crippen LogP contribution in [0.3, 0.4) is 0 Å². The van der Waals surface area contributed by atoms with Crippen molar-refractivity contribution in [1.82, 2.24) is 19.8 Å². The number of carbonyl (C=O) groups is 2. The number of hydrogen-bond donors (Lipinski definition) is 1. The van der Waals surface area contributed by atoms with E-state index in [1.807, 2.05) is 6.92 Å². The highest BCUT2D eigenvalue weighted by Crippen LogP contribution is 2.30. The maximum absolute atomic E-state index is 13.6. The van der Waals surface area contributed by atoms with E-state index in [9.17, 15) is 14.7 Å². The fraction of sp³-hybridized carbons (Fsp3) is 0.321. The van der Waals surface area contributed by atoms with Crippen LogP contribution in [-0.2, 0) is 0 Å². The zero-order valence-corrected chi connectivity index (χ0v) is 21.0. The minimum atomic E-state index is -0.459. The van der Waals surface area contributed by atoms with Gasteiger partial charge in [0.05, 0.1) is 36.4 Å². The van der Waals surface area contributed by atoms with Crippen molar-refractivity contribution in [2.45, 2.75) is 26.0 Å². The second-order valence-corrected chi connectivity index (χ2v) is 9.32. The van der Waals surface area contributed by atoms with Gasteiger partial charge in [0.2, 0.25) is 5.88 Å². The van der Waals surface area contributed by atoms with Crippen LogP contribution in [-0.4, -0.2) is 75.6 Å². The molecule has 0 radical (unpaired) electrons. The Hall–Kier alpha value is -4.29. The SMILES string of the molecule is C[C@@H]1CN([C@@H](C)CO)C(=O)c2cc(-c3ccc(C#N)cc3)cnc2O[C@@H]1CN(C)C(=O)c1cccnc1. The lowest BCUT2D eigenvalue weighted by Gasteiger charge is -2.37. The first kappa shape index (κ1) is 25.8.